The topological polar surface area (TPSA) is 78.4 Å². The van der Waals surface area contributed by atoms with E-state index in [1.165, 1.54) is 6.21 Å². The highest BCUT2D eigenvalue weighted by atomic mass is 32.5. The van der Waals surface area contributed by atoms with Crippen LogP contribution >= 0.6 is 6.72 Å². The van der Waals surface area contributed by atoms with Crippen molar-refractivity contribution < 1.29 is 23.2 Å². The number of rotatable bonds is 11. The smallest absolute Gasteiger partial charge is 0.424 e. The molecule has 140 valence electrons. The number of hydrogen-bond donors (Lipinski definition) is 1. The average molecular weight is 388 g/mol. The van der Waals surface area contributed by atoms with Gasteiger partial charge in [0.25, 0.3) is 0 Å². The average Bonchev–Trinajstić information content (AvgIpc) is 2.57. The van der Waals surface area contributed by atoms with Crippen molar-refractivity contribution in [2.24, 2.45) is 5.16 Å². The maximum absolute atomic E-state index is 11.3. The molecule has 1 aromatic rings. The maximum atomic E-state index is 11.3. The van der Waals surface area contributed by atoms with Crippen molar-refractivity contribution in [2.45, 2.75) is 33.6 Å². The van der Waals surface area contributed by atoms with E-state index in [0.29, 0.717) is 25.5 Å². The zero-order valence-corrected chi connectivity index (χ0v) is 16.5. The summed E-state index contributed by atoms with van der Waals surface area (Å²) in [4.78, 5) is 16.0. The zero-order chi connectivity index (χ0) is 18.5. The van der Waals surface area contributed by atoms with Crippen LogP contribution in [0.25, 0.3) is 0 Å². The van der Waals surface area contributed by atoms with Gasteiger partial charge in [-0.15, -0.1) is 0 Å². The summed E-state index contributed by atoms with van der Waals surface area (Å²) >= 11 is 5.31. The van der Waals surface area contributed by atoms with Gasteiger partial charge in [-0.3, -0.25) is 13.9 Å². The molecule has 0 heterocycles. The van der Waals surface area contributed by atoms with Crippen LogP contribution in [-0.4, -0.2) is 32.1 Å². The van der Waals surface area contributed by atoms with Crippen LogP contribution in [0, 0.1) is 0 Å². The molecule has 0 aliphatic carbocycles. The molecule has 0 radical (unpaired) electrons. The number of amides is 1. The van der Waals surface area contributed by atoms with E-state index in [-0.39, 0.29) is 0 Å². The molecular formula is C16H25N2O5PS. The highest BCUT2D eigenvalue weighted by molar-refractivity contribution is 8.07. The van der Waals surface area contributed by atoms with Crippen LogP contribution in [0.15, 0.2) is 29.4 Å². The Kier molecular flexibility index (Phi) is 10.3. The number of nitrogens with zero attached hydrogens (tertiary/aromatic N) is 1. The normalized spacial score (nSPS) is 11.5. The lowest BCUT2D eigenvalue weighted by atomic mass is 10.2. The van der Waals surface area contributed by atoms with Crippen LogP contribution in [0.3, 0.4) is 0 Å². The molecule has 0 aromatic heterocycles. The van der Waals surface area contributed by atoms with Gasteiger partial charge in [0.1, 0.15) is 5.75 Å². The molecule has 0 aliphatic rings. The Labute approximate surface area is 153 Å². The van der Waals surface area contributed by atoms with Crippen LogP contribution in [0.4, 0.5) is 4.79 Å². The third-order valence-corrected chi connectivity index (χ3v) is 5.25. The summed E-state index contributed by atoms with van der Waals surface area (Å²) in [7, 11) is 0. The summed E-state index contributed by atoms with van der Waals surface area (Å²) in [5.74, 6) is 0.542. The molecular weight excluding hydrogens is 363 g/mol. The molecule has 0 unspecified atom stereocenters. The van der Waals surface area contributed by atoms with Gasteiger partial charge in [0.15, 0.2) is 0 Å². The Bertz CT molecular complexity index is 585. The lowest BCUT2D eigenvalue weighted by molar-refractivity contribution is 0.151. The lowest BCUT2D eigenvalue weighted by Crippen LogP contribution is -2.23. The summed E-state index contributed by atoms with van der Waals surface area (Å²) in [6.07, 6.45) is 2.76. The Balaban J connectivity index is 2.54. The summed E-state index contributed by atoms with van der Waals surface area (Å²) in [6.45, 7) is 4.33. The van der Waals surface area contributed by atoms with Crippen molar-refractivity contribution in [3.63, 3.8) is 0 Å². The van der Waals surface area contributed by atoms with E-state index in [1.54, 1.807) is 24.3 Å². The number of carbonyl (C=O) groups excluding carboxylic acids is 1. The van der Waals surface area contributed by atoms with Crippen LogP contribution < -0.4 is 9.84 Å². The van der Waals surface area contributed by atoms with Crippen molar-refractivity contribution in [3.05, 3.63) is 29.8 Å². The summed E-state index contributed by atoms with van der Waals surface area (Å²) in [5.41, 5.74) is 0.745. The predicted octanol–water partition coefficient (Wildman–Crippen LogP) is 4.22. The number of nitrogens with one attached hydrogen (secondary N) is 1. The Morgan fingerprint density at radius 2 is 1.84 bits per heavy atom. The first kappa shape index (κ1) is 21.6. The van der Waals surface area contributed by atoms with Gasteiger partial charge < -0.3 is 9.84 Å². The van der Waals surface area contributed by atoms with Gasteiger partial charge in [-0.25, -0.2) is 4.79 Å². The van der Waals surface area contributed by atoms with Crippen molar-refractivity contribution in [3.8, 4) is 5.75 Å². The van der Waals surface area contributed by atoms with Crippen LogP contribution in [0.2, 0.25) is 0 Å². The van der Waals surface area contributed by atoms with Crippen LogP contribution in [-0.2, 0) is 25.7 Å². The van der Waals surface area contributed by atoms with E-state index >= 15 is 0 Å². The van der Waals surface area contributed by atoms with E-state index in [0.717, 1.165) is 18.4 Å². The molecule has 25 heavy (non-hydrogen) atoms. The predicted molar refractivity (Wildman–Crippen MR) is 102 cm³/mol. The van der Waals surface area contributed by atoms with Gasteiger partial charge in [0.05, 0.1) is 19.4 Å². The van der Waals surface area contributed by atoms with Crippen molar-refractivity contribution in [2.75, 3.05) is 19.8 Å². The second-order valence-electron chi connectivity index (χ2n) is 4.84. The minimum Gasteiger partial charge on any atom is -0.424 e. The Hall–Kier alpha value is -1.47. The van der Waals surface area contributed by atoms with Gasteiger partial charge in [-0.2, -0.15) is 0 Å². The monoisotopic (exact) mass is 388 g/mol. The third kappa shape index (κ3) is 8.97. The molecule has 1 rings (SSSR count). The van der Waals surface area contributed by atoms with Crippen molar-refractivity contribution >= 4 is 30.8 Å². The minimum atomic E-state index is -2.78. The summed E-state index contributed by atoms with van der Waals surface area (Å²) in [5, 5.41) is 6.24. The molecule has 1 amide bonds. The SMILES string of the molecule is CCCCNC(=O)O/N=C/c1ccc(OP(=S)(OCC)OCC)cc1. The van der Waals surface area contributed by atoms with E-state index in [9.17, 15) is 4.79 Å². The molecule has 1 N–H and O–H groups in total. The Morgan fingerprint density at radius 1 is 1.20 bits per heavy atom. The molecule has 7 nitrogen and oxygen atoms in total. The molecule has 9 heteroatoms. The first-order chi connectivity index (χ1) is 12.0. The number of unbranched alkanes of at least 4 members (excludes halogenated alkanes) is 1. The van der Waals surface area contributed by atoms with Gasteiger partial charge in [-0.05, 0) is 50.1 Å². The summed E-state index contributed by atoms with van der Waals surface area (Å²) in [6, 6.07) is 6.97. The zero-order valence-electron chi connectivity index (χ0n) is 14.8. The van der Waals surface area contributed by atoms with Gasteiger partial charge in [-0.1, -0.05) is 18.5 Å². The molecule has 1 aromatic carbocycles. The first-order valence-electron chi connectivity index (χ1n) is 8.20. The molecule has 0 bridgehead atoms. The first-order valence-corrected chi connectivity index (χ1v) is 10.8. The van der Waals surface area contributed by atoms with Crippen molar-refractivity contribution in [1.82, 2.24) is 5.32 Å². The standard InChI is InChI=1S/C16H25N2O5PS/c1-4-7-12-17-16(19)22-18-13-14-8-10-15(11-9-14)23-24(25,20-5-2)21-6-3/h8-11,13H,4-7,12H2,1-3H3,(H,17,19)/b18-13+. The fourth-order valence-electron chi connectivity index (χ4n) is 1.68. The minimum absolute atomic E-state index is 0.416. The number of carbonyl (C=O) groups is 1. The van der Waals surface area contributed by atoms with E-state index < -0.39 is 12.8 Å². The third-order valence-electron chi connectivity index (χ3n) is 2.81. The van der Waals surface area contributed by atoms with Gasteiger partial charge in [0, 0.05) is 18.4 Å². The summed E-state index contributed by atoms with van der Waals surface area (Å²) < 4.78 is 16.5. The highest BCUT2D eigenvalue weighted by Gasteiger charge is 2.20. The second kappa shape index (κ2) is 12.0. The van der Waals surface area contributed by atoms with Gasteiger partial charge in [0.2, 0.25) is 0 Å². The quantitative estimate of drug-likeness (QED) is 0.201. The number of oxime groups is 1. The number of hydrogen-bond acceptors (Lipinski definition) is 7. The fraction of sp³-hybridized carbons (Fsp3) is 0.500. The molecule has 0 fully saturated rings. The lowest BCUT2D eigenvalue weighted by Gasteiger charge is -2.20. The molecule has 0 saturated heterocycles. The van der Waals surface area contributed by atoms with Crippen molar-refractivity contribution in [1.29, 1.82) is 0 Å². The van der Waals surface area contributed by atoms with Crippen LogP contribution in [0.5, 0.6) is 5.75 Å². The van der Waals surface area contributed by atoms with E-state index in [1.807, 2.05) is 20.8 Å². The largest absolute Gasteiger partial charge is 0.433 e. The fourth-order valence-corrected chi connectivity index (χ4v) is 3.77. The molecule has 0 aliphatic heterocycles. The maximum Gasteiger partial charge on any atom is 0.433 e. The highest BCUT2D eigenvalue weighted by Crippen LogP contribution is 2.49. The molecule has 0 spiro atoms. The van der Waals surface area contributed by atoms with Crippen LogP contribution in [0.1, 0.15) is 39.2 Å². The number of benzene rings is 1. The molecule has 0 saturated carbocycles. The van der Waals surface area contributed by atoms with E-state index in [2.05, 4.69) is 10.5 Å². The van der Waals surface area contributed by atoms with Gasteiger partial charge >= 0.3 is 12.8 Å². The second-order valence-corrected chi connectivity index (χ2v) is 7.77. The molecule has 0 atom stereocenters. The Morgan fingerprint density at radius 3 is 2.40 bits per heavy atom. The van der Waals surface area contributed by atoms with E-state index in [4.69, 9.17) is 30.2 Å².